The van der Waals surface area contributed by atoms with Gasteiger partial charge < -0.3 is 10.4 Å². The number of quaternary nitrogens is 1. The van der Waals surface area contributed by atoms with Crippen molar-refractivity contribution in [3.8, 4) is 0 Å². The van der Waals surface area contributed by atoms with Crippen LogP contribution in [0, 0.1) is 5.92 Å². The van der Waals surface area contributed by atoms with Gasteiger partial charge in [-0.1, -0.05) is 53.1 Å². The Balaban J connectivity index is 1.43. The average molecular weight is 513 g/mol. The molecule has 0 radical (unpaired) electrons. The fourth-order valence-electron chi connectivity index (χ4n) is 4.85. The first-order valence-corrected chi connectivity index (χ1v) is 12.0. The number of likely N-dealkylation sites (tertiary alicyclic amines) is 1. The van der Waals surface area contributed by atoms with Gasteiger partial charge in [0.1, 0.15) is 13.1 Å². The molecule has 2 aliphatic heterocycles. The highest BCUT2D eigenvalue weighted by molar-refractivity contribution is 6.31. The maximum atomic E-state index is 13.4. The normalized spacial score (nSPS) is 22.1. The van der Waals surface area contributed by atoms with E-state index in [9.17, 15) is 18.3 Å². The molecule has 0 bridgehead atoms. The summed E-state index contributed by atoms with van der Waals surface area (Å²) < 4.78 is 40.2. The summed E-state index contributed by atoms with van der Waals surface area (Å²) in [6.07, 6.45) is -3.26. The van der Waals surface area contributed by atoms with Gasteiger partial charge in [-0.15, -0.1) is 0 Å². The first kappa shape index (κ1) is 24.3. The number of halogens is 4. The molecule has 0 unspecified atom stereocenters. The predicted octanol–water partition coefficient (Wildman–Crippen LogP) is 6.12. The van der Waals surface area contributed by atoms with Crippen molar-refractivity contribution in [2.75, 3.05) is 25.5 Å². The molecule has 5 nitrogen and oxygen atoms in total. The number of nitrogens with one attached hydrogen (secondary N) is 1. The van der Waals surface area contributed by atoms with Crippen LogP contribution in [0.15, 0.2) is 76.8 Å². The molecule has 0 atom stereocenters. The molecule has 1 N–H and O–H groups in total. The zero-order valence-electron chi connectivity index (χ0n) is 19.5. The SMILES string of the molecule is C[N+]1(/N=C(\[O-])c2ccccc2C(F)(F)F)CCC(C2=Nc3cc(Cl)ccc3Nc3ccccc32)CC1. The number of anilines is 2. The monoisotopic (exact) mass is 512 g/mol. The lowest BCUT2D eigenvalue weighted by atomic mass is 9.87. The van der Waals surface area contributed by atoms with E-state index in [2.05, 4.69) is 10.4 Å². The summed E-state index contributed by atoms with van der Waals surface area (Å²) in [5.74, 6) is -0.759. The lowest BCUT2D eigenvalue weighted by Crippen LogP contribution is -2.48. The van der Waals surface area contributed by atoms with Crippen LogP contribution in [0.4, 0.5) is 30.2 Å². The van der Waals surface area contributed by atoms with Crippen LogP contribution in [0.3, 0.4) is 0 Å². The van der Waals surface area contributed by atoms with E-state index in [0.29, 0.717) is 31.0 Å². The number of para-hydroxylation sites is 1. The molecule has 36 heavy (non-hydrogen) atoms. The fraction of sp³-hybridized carbons (Fsp3) is 0.259. The molecule has 0 saturated carbocycles. The molecule has 1 saturated heterocycles. The second-order valence-electron chi connectivity index (χ2n) is 9.34. The van der Waals surface area contributed by atoms with Crippen molar-refractivity contribution in [3.05, 3.63) is 88.4 Å². The van der Waals surface area contributed by atoms with E-state index in [-0.39, 0.29) is 10.5 Å². The Morgan fingerprint density at radius 1 is 1.03 bits per heavy atom. The van der Waals surface area contributed by atoms with E-state index in [4.69, 9.17) is 16.6 Å². The molecule has 0 spiro atoms. The third kappa shape index (κ3) is 4.83. The second kappa shape index (κ2) is 9.26. The van der Waals surface area contributed by atoms with E-state index in [0.717, 1.165) is 34.4 Å². The van der Waals surface area contributed by atoms with Crippen LogP contribution >= 0.6 is 11.6 Å². The van der Waals surface area contributed by atoms with Crippen molar-refractivity contribution >= 4 is 40.3 Å². The molecule has 9 heteroatoms. The first-order chi connectivity index (χ1) is 17.1. The van der Waals surface area contributed by atoms with Crippen molar-refractivity contribution in [2.45, 2.75) is 19.0 Å². The zero-order chi connectivity index (χ0) is 25.5. The molecular formula is C27H24ClF3N4O. The highest BCUT2D eigenvalue weighted by Crippen LogP contribution is 2.39. The van der Waals surface area contributed by atoms with Gasteiger partial charge in [0.2, 0.25) is 0 Å². The summed E-state index contributed by atoms with van der Waals surface area (Å²) in [7, 11) is 1.78. The predicted molar refractivity (Wildman–Crippen MR) is 134 cm³/mol. The van der Waals surface area contributed by atoms with Crippen LogP contribution in [-0.2, 0) is 6.18 Å². The number of rotatable bonds is 3. The van der Waals surface area contributed by atoms with Gasteiger partial charge in [0.25, 0.3) is 0 Å². The Labute approximate surface area is 212 Å². The van der Waals surface area contributed by atoms with Crippen LogP contribution in [-0.4, -0.2) is 36.3 Å². The van der Waals surface area contributed by atoms with Crippen molar-refractivity contribution in [1.29, 1.82) is 0 Å². The molecule has 5 rings (SSSR count). The van der Waals surface area contributed by atoms with Gasteiger partial charge in [-0.3, -0.25) is 4.99 Å². The molecule has 186 valence electrons. The third-order valence-corrected chi connectivity index (χ3v) is 7.01. The Kier molecular flexibility index (Phi) is 6.26. The third-order valence-electron chi connectivity index (χ3n) is 6.77. The molecule has 3 aromatic carbocycles. The number of aliphatic imine (C=N–C) groups is 1. The van der Waals surface area contributed by atoms with Crippen LogP contribution in [0.25, 0.3) is 0 Å². The smallest absolute Gasteiger partial charge is 0.417 e. The number of benzene rings is 3. The van der Waals surface area contributed by atoms with Gasteiger partial charge in [0, 0.05) is 40.6 Å². The lowest BCUT2D eigenvalue weighted by molar-refractivity contribution is -0.922. The number of fused-ring (bicyclic) bond motifs is 2. The van der Waals surface area contributed by atoms with Gasteiger partial charge in [-0.25, -0.2) is 4.59 Å². The van der Waals surface area contributed by atoms with Gasteiger partial charge in [-0.2, -0.15) is 13.2 Å². The topological polar surface area (TPSA) is 59.8 Å². The quantitative estimate of drug-likeness (QED) is 0.261. The minimum Gasteiger partial charge on any atom is -0.855 e. The second-order valence-corrected chi connectivity index (χ2v) is 9.77. The molecule has 0 aromatic heterocycles. The van der Waals surface area contributed by atoms with E-state index >= 15 is 0 Å². The van der Waals surface area contributed by atoms with Gasteiger partial charge in [0.15, 0.2) is 0 Å². The number of nitrogens with zero attached hydrogens (tertiary/aromatic N) is 3. The van der Waals surface area contributed by atoms with E-state index in [1.807, 2.05) is 42.5 Å². The fourth-order valence-corrected chi connectivity index (χ4v) is 5.02. The van der Waals surface area contributed by atoms with E-state index < -0.39 is 23.2 Å². The highest BCUT2D eigenvalue weighted by Gasteiger charge is 2.36. The van der Waals surface area contributed by atoms with Crippen molar-refractivity contribution in [2.24, 2.45) is 16.0 Å². The van der Waals surface area contributed by atoms with Crippen molar-refractivity contribution < 1.29 is 22.9 Å². The van der Waals surface area contributed by atoms with Crippen LogP contribution in [0.2, 0.25) is 5.02 Å². The highest BCUT2D eigenvalue weighted by atomic mass is 35.5. The van der Waals surface area contributed by atoms with Crippen molar-refractivity contribution in [3.63, 3.8) is 0 Å². The van der Waals surface area contributed by atoms with E-state index in [1.54, 1.807) is 7.05 Å². The Bertz CT molecular complexity index is 1360. The van der Waals surface area contributed by atoms with Gasteiger partial charge >= 0.3 is 6.18 Å². The Morgan fingerprint density at radius 3 is 2.47 bits per heavy atom. The summed E-state index contributed by atoms with van der Waals surface area (Å²) in [4.78, 5) is 5.00. The average Bonchev–Trinajstić information content (AvgIpc) is 3.00. The Morgan fingerprint density at radius 2 is 1.72 bits per heavy atom. The summed E-state index contributed by atoms with van der Waals surface area (Å²) in [6, 6.07) is 18.3. The van der Waals surface area contributed by atoms with Crippen LogP contribution in [0.5, 0.6) is 0 Å². The summed E-state index contributed by atoms with van der Waals surface area (Å²) in [5, 5.41) is 21.1. The number of alkyl halides is 3. The zero-order valence-corrected chi connectivity index (χ0v) is 20.3. The molecule has 0 aliphatic carbocycles. The molecule has 3 aromatic rings. The van der Waals surface area contributed by atoms with Crippen LogP contribution < -0.4 is 10.4 Å². The summed E-state index contributed by atoms with van der Waals surface area (Å²) >= 11 is 6.24. The van der Waals surface area contributed by atoms with E-state index in [1.165, 1.54) is 18.2 Å². The number of hydrogen-bond acceptors (Lipinski definition) is 4. The minimum absolute atomic E-state index is 0.0249. The molecule has 0 amide bonds. The first-order valence-electron chi connectivity index (χ1n) is 11.7. The largest absolute Gasteiger partial charge is 0.855 e. The van der Waals surface area contributed by atoms with Crippen LogP contribution in [0.1, 0.15) is 29.5 Å². The summed E-state index contributed by atoms with van der Waals surface area (Å²) in [5.41, 5.74) is 3.10. The van der Waals surface area contributed by atoms with Gasteiger partial charge in [0.05, 0.1) is 35.6 Å². The molecular weight excluding hydrogens is 489 g/mol. The number of piperidine rings is 1. The molecule has 1 fully saturated rings. The summed E-state index contributed by atoms with van der Waals surface area (Å²) in [6.45, 7) is 1.00. The molecule has 2 aliphatic rings. The molecule has 2 heterocycles. The van der Waals surface area contributed by atoms with Crippen molar-refractivity contribution in [1.82, 2.24) is 0 Å². The minimum atomic E-state index is -4.62. The maximum Gasteiger partial charge on any atom is 0.417 e. The maximum absolute atomic E-state index is 13.4. The van der Waals surface area contributed by atoms with Gasteiger partial charge in [-0.05, 0) is 30.3 Å². The number of hydrogen-bond donors (Lipinski definition) is 1. The standard InChI is InChI=1S/C27H24ClF3N4O/c1-35(34-26(36)19-6-2-4-8-21(19)27(29,30)31)14-12-17(13-15-35)25-20-7-3-5-9-22(20)32-23-11-10-18(28)16-24(23)33-25/h2-11,16-17H,12-15H2,1H3,(H-,32,33,34,36). The Hall–Kier alpha value is -3.36. The lowest BCUT2D eigenvalue weighted by Gasteiger charge is -2.37.